The Bertz CT molecular complexity index is 1630. The highest BCUT2D eigenvalue weighted by molar-refractivity contribution is 7.92. The molecule has 0 aliphatic heterocycles. The lowest BCUT2D eigenvalue weighted by atomic mass is 10.0. The Kier molecular flexibility index (Phi) is 9.69. The van der Waals surface area contributed by atoms with Crippen LogP contribution in [0.25, 0.3) is 0 Å². The van der Waals surface area contributed by atoms with Crippen LogP contribution in [0.15, 0.2) is 108 Å². The molecular formula is C32H31F2N3O4S. The van der Waals surface area contributed by atoms with Crippen LogP contribution in [-0.4, -0.2) is 44.8 Å². The van der Waals surface area contributed by atoms with Crippen LogP contribution in [0.3, 0.4) is 0 Å². The molecule has 42 heavy (non-hydrogen) atoms. The molecule has 0 bridgehead atoms. The molecule has 1 atom stereocenters. The number of carbonyl (C=O) groups excluding carboxylic acids is 2. The molecule has 0 fully saturated rings. The van der Waals surface area contributed by atoms with E-state index < -0.39 is 46.1 Å². The van der Waals surface area contributed by atoms with Crippen molar-refractivity contribution in [1.29, 1.82) is 0 Å². The first-order chi connectivity index (χ1) is 20.1. The Balaban J connectivity index is 1.79. The van der Waals surface area contributed by atoms with E-state index in [1.54, 1.807) is 31.2 Å². The van der Waals surface area contributed by atoms with Crippen molar-refractivity contribution in [3.05, 3.63) is 131 Å². The molecule has 0 spiro atoms. The minimum atomic E-state index is -4.42. The Hall–Kier alpha value is -4.57. The predicted molar refractivity (Wildman–Crippen MR) is 157 cm³/mol. The van der Waals surface area contributed by atoms with Crippen molar-refractivity contribution >= 4 is 27.5 Å². The number of benzene rings is 4. The first kappa shape index (κ1) is 30.4. The molecule has 1 N–H and O–H groups in total. The second kappa shape index (κ2) is 13.4. The number of carbonyl (C=O) groups is 2. The maximum Gasteiger partial charge on any atom is 0.264 e. The lowest BCUT2D eigenvalue weighted by Gasteiger charge is -2.33. The third-order valence-corrected chi connectivity index (χ3v) is 8.57. The molecular weight excluding hydrogens is 560 g/mol. The second-order valence-electron chi connectivity index (χ2n) is 9.74. The number of hydrogen-bond acceptors (Lipinski definition) is 4. The van der Waals surface area contributed by atoms with Gasteiger partial charge in [-0.15, -0.1) is 0 Å². The molecule has 4 aromatic carbocycles. The molecule has 1 unspecified atom stereocenters. The Morgan fingerprint density at radius 1 is 0.810 bits per heavy atom. The van der Waals surface area contributed by atoms with Gasteiger partial charge in [0, 0.05) is 20.0 Å². The SMILES string of the molecule is CNC(=O)C(Cc1ccccc1)N(Cc1ccc(F)cc1)C(=O)CN(c1ccccc1F)S(=O)(=O)c1ccc(C)cc1. The Labute approximate surface area is 244 Å². The van der Waals surface area contributed by atoms with Crippen molar-refractivity contribution in [3.63, 3.8) is 0 Å². The molecule has 4 rings (SSSR count). The van der Waals surface area contributed by atoms with Gasteiger partial charge in [0.15, 0.2) is 0 Å². The van der Waals surface area contributed by atoms with E-state index in [0.29, 0.717) is 5.56 Å². The van der Waals surface area contributed by atoms with E-state index in [-0.39, 0.29) is 23.5 Å². The zero-order valence-electron chi connectivity index (χ0n) is 23.2. The van der Waals surface area contributed by atoms with Crippen LogP contribution in [0.5, 0.6) is 0 Å². The molecule has 0 aliphatic rings. The van der Waals surface area contributed by atoms with Crippen LogP contribution < -0.4 is 9.62 Å². The van der Waals surface area contributed by atoms with Crippen molar-refractivity contribution in [2.24, 2.45) is 0 Å². The van der Waals surface area contributed by atoms with Crippen LogP contribution in [0.2, 0.25) is 0 Å². The predicted octanol–water partition coefficient (Wildman–Crippen LogP) is 4.85. The lowest BCUT2D eigenvalue weighted by molar-refractivity contribution is -0.139. The van der Waals surface area contributed by atoms with E-state index >= 15 is 4.39 Å². The number of para-hydroxylation sites is 1. The summed E-state index contributed by atoms with van der Waals surface area (Å²) in [6.07, 6.45) is 0.123. The van der Waals surface area contributed by atoms with Crippen LogP contribution in [0, 0.1) is 18.6 Å². The molecule has 7 nitrogen and oxygen atoms in total. The number of rotatable bonds is 11. The van der Waals surface area contributed by atoms with Gasteiger partial charge in [-0.2, -0.15) is 0 Å². The van der Waals surface area contributed by atoms with Crippen LogP contribution in [-0.2, 0) is 32.6 Å². The summed E-state index contributed by atoms with van der Waals surface area (Å²) in [5, 5.41) is 2.59. The largest absolute Gasteiger partial charge is 0.357 e. The number of nitrogens with one attached hydrogen (secondary N) is 1. The zero-order valence-corrected chi connectivity index (χ0v) is 24.0. The minimum absolute atomic E-state index is 0.123. The summed E-state index contributed by atoms with van der Waals surface area (Å²) in [5.74, 6) is -2.53. The Morgan fingerprint density at radius 2 is 1.43 bits per heavy atom. The van der Waals surface area contributed by atoms with E-state index in [1.807, 2.05) is 18.2 Å². The molecule has 10 heteroatoms. The fourth-order valence-electron chi connectivity index (χ4n) is 4.51. The highest BCUT2D eigenvalue weighted by Crippen LogP contribution is 2.27. The van der Waals surface area contributed by atoms with Gasteiger partial charge in [-0.25, -0.2) is 17.2 Å². The maximum absolute atomic E-state index is 15.1. The van der Waals surface area contributed by atoms with Gasteiger partial charge in [-0.1, -0.05) is 72.3 Å². The highest BCUT2D eigenvalue weighted by atomic mass is 32.2. The first-order valence-corrected chi connectivity index (χ1v) is 14.7. The van der Waals surface area contributed by atoms with E-state index in [9.17, 15) is 22.4 Å². The van der Waals surface area contributed by atoms with Crippen LogP contribution >= 0.6 is 0 Å². The third-order valence-electron chi connectivity index (χ3n) is 6.79. The van der Waals surface area contributed by atoms with Gasteiger partial charge >= 0.3 is 0 Å². The average Bonchev–Trinajstić information content (AvgIpc) is 2.99. The summed E-state index contributed by atoms with van der Waals surface area (Å²) in [4.78, 5) is 28.5. The molecule has 2 amide bonds. The topological polar surface area (TPSA) is 86.8 Å². The van der Waals surface area contributed by atoms with Gasteiger partial charge in [0.2, 0.25) is 11.8 Å². The van der Waals surface area contributed by atoms with Gasteiger partial charge < -0.3 is 10.2 Å². The van der Waals surface area contributed by atoms with E-state index in [4.69, 9.17) is 0 Å². The van der Waals surface area contributed by atoms with Gasteiger partial charge in [0.05, 0.1) is 10.6 Å². The van der Waals surface area contributed by atoms with Crippen molar-refractivity contribution < 1.29 is 26.8 Å². The van der Waals surface area contributed by atoms with Crippen LogP contribution in [0.1, 0.15) is 16.7 Å². The Morgan fingerprint density at radius 3 is 2.05 bits per heavy atom. The second-order valence-corrected chi connectivity index (χ2v) is 11.6. The summed E-state index contributed by atoms with van der Waals surface area (Å²) in [6, 6.07) is 24.7. The number of sulfonamides is 1. The van der Waals surface area contributed by atoms with Gasteiger partial charge in [-0.3, -0.25) is 13.9 Å². The number of halogens is 2. The molecule has 0 saturated heterocycles. The lowest BCUT2D eigenvalue weighted by Crippen LogP contribution is -2.53. The summed E-state index contributed by atoms with van der Waals surface area (Å²) in [7, 11) is -2.98. The third kappa shape index (κ3) is 7.19. The van der Waals surface area contributed by atoms with Crippen molar-refractivity contribution in [1.82, 2.24) is 10.2 Å². The smallest absolute Gasteiger partial charge is 0.264 e. The number of anilines is 1. The van der Waals surface area contributed by atoms with Gasteiger partial charge in [0.25, 0.3) is 10.0 Å². The number of hydrogen-bond donors (Lipinski definition) is 1. The highest BCUT2D eigenvalue weighted by Gasteiger charge is 2.35. The summed E-state index contributed by atoms with van der Waals surface area (Å²) in [6.45, 7) is 0.883. The van der Waals surface area contributed by atoms with Crippen molar-refractivity contribution in [3.8, 4) is 0 Å². The monoisotopic (exact) mass is 591 g/mol. The molecule has 0 heterocycles. The fraction of sp³-hybridized carbons (Fsp3) is 0.188. The normalized spacial score (nSPS) is 11.9. The zero-order chi connectivity index (χ0) is 30.3. The minimum Gasteiger partial charge on any atom is -0.357 e. The number of amides is 2. The molecule has 0 radical (unpaired) electrons. The van der Waals surface area contributed by atoms with Crippen molar-refractivity contribution in [2.75, 3.05) is 17.9 Å². The quantitative estimate of drug-likeness (QED) is 0.270. The number of aryl methyl sites for hydroxylation is 1. The number of nitrogens with zero attached hydrogens (tertiary/aromatic N) is 2. The van der Waals surface area contributed by atoms with E-state index in [0.717, 1.165) is 21.5 Å². The summed E-state index contributed by atoms with van der Waals surface area (Å²) < 4.78 is 57.2. The first-order valence-electron chi connectivity index (χ1n) is 13.2. The molecule has 0 aliphatic carbocycles. The molecule has 0 saturated carbocycles. The summed E-state index contributed by atoms with van der Waals surface area (Å²) in [5.41, 5.74) is 1.79. The molecule has 4 aromatic rings. The standard InChI is InChI=1S/C32H31F2N3O4S/c1-23-12-18-27(19-13-23)42(40,41)37(29-11-7-6-10-28(29)34)22-31(38)36(21-25-14-16-26(33)17-15-25)30(32(39)35-2)20-24-8-4-3-5-9-24/h3-19,30H,20-22H2,1-2H3,(H,35,39). The van der Waals surface area contributed by atoms with E-state index in [1.165, 1.54) is 66.5 Å². The van der Waals surface area contributed by atoms with Gasteiger partial charge in [-0.05, 0) is 54.4 Å². The van der Waals surface area contributed by atoms with E-state index in [2.05, 4.69) is 5.32 Å². The van der Waals surface area contributed by atoms with Gasteiger partial charge in [0.1, 0.15) is 24.2 Å². The number of likely N-dealkylation sites (N-methyl/N-ethyl adjacent to an activating group) is 1. The fourth-order valence-corrected chi connectivity index (χ4v) is 5.93. The summed E-state index contributed by atoms with van der Waals surface area (Å²) >= 11 is 0. The molecule has 218 valence electrons. The van der Waals surface area contributed by atoms with Crippen molar-refractivity contribution in [2.45, 2.75) is 30.8 Å². The maximum atomic E-state index is 15.1. The molecule has 0 aromatic heterocycles. The van der Waals surface area contributed by atoms with Crippen LogP contribution in [0.4, 0.5) is 14.5 Å². The average molecular weight is 592 g/mol.